The van der Waals surface area contributed by atoms with Crippen LogP contribution >= 0.6 is 0 Å². The van der Waals surface area contributed by atoms with Crippen LogP contribution in [0.25, 0.3) is 0 Å². The monoisotopic (exact) mass is 726 g/mol. The Bertz CT molecular complexity index is 1980. The Labute approximate surface area is 282 Å². The lowest BCUT2D eigenvalue weighted by atomic mass is 9.88. The van der Waals surface area contributed by atoms with E-state index in [1.54, 1.807) is 20.8 Å². The van der Waals surface area contributed by atoms with E-state index >= 15 is 0 Å². The van der Waals surface area contributed by atoms with E-state index in [-0.39, 0.29) is 30.0 Å². The summed E-state index contributed by atoms with van der Waals surface area (Å²) in [5.74, 6) is -6.02. The molecule has 5 N–H and O–H groups in total. The van der Waals surface area contributed by atoms with Gasteiger partial charge in [-0.3, -0.25) is 10.2 Å². The summed E-state index contributed by atoms with van der Waals surface area (Å²) in [7, 11) is -8.98. The first kappa shape index (κ1) is 37.5. The predicted molar refractivity (Wildman–Crippen MR) is 174 cm³/mol. The number of halogens is 3. The third-order valence-electron chi connectivity index (χ3n) is 8.05. The first-order valence-electron chi connectivity index (χ1n) is 15.1. The maximum atomic E-state index is 14.7. The van der Waals surface area contributed by atoms with Gasteiger partial charge in [0.15, 0.2) is 17.4 Å². The lowest BCUT2D eigenvalue weighted by Gasteiger charge is -2.35. The van der Waals surface area contributed by atoms with Crippen molar-refractivity contribution in [2.45, 2.75) is 81.7 Å². The fourth-order valence-corrected chi connectivity index (χ4v) is 8.16. The molecule has 1 aliphatic heterocycles. The highest BCUT2D eigenvalue weighted by atomic mass is 32.2. The van der Waals surface area contributed by atoms with Crippen LogP contribution in [0.4, 0.5) is 13.2 Å². The van der Waals surface area contributed by atoms with Crippen LogP contribution in [0.2, 0.25) is 0 Å². The number of ether oxygens (including phenoxy) is 2. The second-order valence-electron chi connectivity index (χ2n) is 12.2. The molecule has 0 spiro atoms. The van der Waals surface area contributed by atoms with E-state index in [4.69, 9.17) is 14.9 Å². The Balaban J connectivity index is 1.37. The molecule has 1 atom stereocenters. The van der Waals surface area contributed by atoms with Crippen LogP contribution in [-0.4, -0.2) is 52.1 Å². The molecule has 266 valence electrons. The van der Waals surface area contributed by atoms with Crippen LogP contribution in [0.15, 0.2) is 46.2 Å². The average Bonchev–Trinajstić information content (AvgIpc) is 2.99. The third-order valence-corrected chi connectivity index (χ3v) is 11.1. The topological polar surface area (TPSA) is 184 Å². The van der Waals surface area contributed by atoms with Crippen molar-refractivity contribution in [1.29, 1.82) is 5.41 Å². The van der Waals surface area contributed by atoms with Gasteiger partial charge in [0.2, 0.25) is 16.0 Å². The van der Waals surface area contributed by atoms with E-state index in [9.17, 15) is 39.9 Å². The number of carboxylic acid groups (broad SMARTS) is 1. The van der Waals surface area contributed by atoms with Crippen LogP contribution in [0.3, 0.4) is 0 Å². The minimum Gasteiger partial charge on any atom is -0.487 e. The fourth-order valence-electron chi connectivity index (χ4n) is 5.39. The van der Waals surface area contributed by atoms with Gasteiger partial charge in [0.05, 0.1) is 9.79 Å². The molecule has 3 aromatic rings. The van der Waals surface area contributed by atoms with Gasteiger partial charge >= 0.3 is 5.97 Å². The molecule has 17 heteroatoms. The fraction of sp³-hybridized carbons (Fsp3) is 0.375. The summed E-state index contributed by atoms with van der Waals surface area (Å²) in [6.07, 6.45) is 0.912. The van der Waals surface area contributed by atoms with Crippen LogP contribution < -0.4 is 24.2 Å². The van der Waals surface area contributed by atoms with Crippen molar-refractivity contribution < 1.29 is 49.4 Å². The summed E-state index contributed by atoms with van der Waals surface area (Å²) in [6, 6.07) is 3.35. The Morgan fingerprint density at radius 2 is 1.61 bits per heavy atom. The Morgan fingerprint density at radius 1 is 1.00 bits per heavy atom. The molecule has 0 saturated heterocycles. The van der Waals surface area contributed by atoms with Gasteiger partial charge in [0.1, 0.15) is 29.0 Å². The van der Waals surface area contributed by atoms with Crippen LogP contribution in [0, 0.1) is 43.6 Å². The summed E-state index contributed by atoms with van der Waals surface area (Å²) in [6.45, 7) is 8.91. The number of guanidine groups is 1. The summed E-state index contributed by atoms with van der Waals surface area (Å²) < 4.78 is 110. The summed E-state index contributed by atoms with van der Waals surface area (Å²) in [5.41, 5.74) is 2.05. The minimum absolute atomic E-state index is 0.0295. The van der Waals surface area contributed by atoms with E-state index in [0.717, 1.165) is 29.8 Å². The zero-order chi connectivity index (χ0) is 36.5. The molecule has 0 amide bonds. The van der Waals surface area contributed by atoms with Crippen molar-refractivity contribution in [1.82, 2.24) is 14.8 Å². The Kier molecular flexibility index (Phi) is 10.9. The second kappa shape index (κ2) is 14.2. The number of fused-ring (bicyclic) bond motifs is 1. The van der Waals surface area contributed by atoms with Crippen molar-refractivity contribution in [3.05, 3.63) is 76.1 Å². The van der Waals surface area contributed by atoms with E-state index < -0.39 is 71.7 Å². The van der Waals surface area contributed by atoms with Gasteiger partial charge in [-0.2, -0.15) is 4.72 Å². The van der Waals surface area contributed by atoms with Crippen molar-refractivity contribution in [3.8, 4) is 17.2 Å². The molecule has 0 bridgehead atoms. The molecule has 0 aliphatic carbocycles. The van der Waals surface area contributed by atoms with Crippen molar-refractivity contribution in [2.75, 3.05) is 6.54 Å². The van der Waals surface area contributed by atoms with Crippen LogP contribution in [0.5, 0.6) is 17.2 Å². The second-order valence-corrected chi connectivity index (χ2v) is 15.5. The highest BCUT2D eigenvalue weighted by Gasteiger charge is 2.34. The minimum atomic E-state index is -4.76. The molecule has 1 aliphatic rings. The van der Waals surface area contributed by atoms with Crippen LogP contribution in [-0.2, 0) is 31.3 Å². The predicted octanol–water partition coefficient (Wildman–Crippen LogP) is 4.94. The standard InChI is InChI=1S/C32H37F3N4O8S2/c1-17-18(2)29(19(3)23-12-13-32(4,5)47-27(17)23)49(44,45)39-31(36)37-14-6-7-26(30(40)41)38-48(42,43)22-15-24(34)28(25(35)16-22)46-21-10-8-20(33)9-11-21/h8-11,15-16,26,38H,6-7,12-14H2,1-5H3,(H,40,41)(H3,36,37,39)/t26-/m1/s1. The Morgan fingerprint density at radius 3 is 2.20 bits per heavy atom. The highest BCUT2D eigenvalue weighted by molar-refractivity contribution is 7.90. The molecule has 3 aromatic carbocycles. The molecule has 0 radical (unpaired) electrons. The third kappa shape index (κ3) is 8.63. The van der Waals surface area contributed by atoms with Crippen molar-refractivity contribution in [2.24, 2.45) is 0 Å². The summed E-state index contributed by atoms with van der Waals surface area (Å²) in [5, 5.41) is 20.3. The molecule has 0 saturated carbocycles. The number of hydrogen-bond acceptors (Lipinski definition) is 8. The van der Waals surface area contributed by atoms with E-state index in [0.29, 0.717) is 47.4 Å². The average molecular weight is 727 g/mol. The highest BCUT2D eigenvalue weighted by Crippen LogP contribution is 2.42. The molecule has 1 heterocycles. The maximum Gasteiger partial charge on any atom is 0.321 e. The van der Waals surface area contributed by atoms with Gasteiger partial charge in [0, 0.05) is 6.54 Å². The molecule has 0 fully saturated rings. The molecule has 4 rings (SSSR count). The van der Waals surface area contributed by atoms with Crippen LogP contribution in [0.1, 0.15) is 55.4 Å². The smallest absolute Gasteiger partial charge is 0.321 e. The molecular weight excluding hydrogens is 690 g/mol. The SMILES string of the molecule is Cc1c(C)c(S(=O)(=O)NC(=N)NCCC[C@@H](NS(=O)(=O)c2cc(F)c(Oc3ccc(F)cc3)c(F)c2)C(=O)O)c(C)c2c1OC(C)(C)CC2. The molecule has 49 heavy (non-hydrogen) atoms. The van der Waals surface area contributed by atoms with E-state index in [1.165, 1.54) is 0 Å². The number of carbonyl (C=O) groups is 1. The van der Waals surface area contributed by atoms with Crippen molar-refractivity contribution in [3.63, 3.8) is 0 Å². The van der Waals surface area contributed by atoms with E-state index in [2.05, 4.69) is 10.0 Å². The largest absolute Gasteiger partial charge is 0.487 e. The number of hydrogen-bond donors (Lipinski definition) is 5. The summed E-state index contributed by atoms with van der Waals surface area (Å²) >= 11 is 0. The summed E-state index contributed by atoms with van der Waals surface area (Å²) in [4.78, 5) is 11.0. The number of carboxylic acids is 1. The molecule has 12 nitrogen and oxygen atoms in total. The lowest BCUT2D eigenvalue weighted by Crippen LogP contribution is -2.43. The molecule has 0 unspecified atom stereocenters. The normalized spacial score (nSPS) is 14.7. The van der Waals surface area contributed by atoms with Gasteiger partial charge < -0.3 is 19.9 Å². The van der Waals surface area contributed by atoms with E-state index in [1.807, 2.05) is 18.6 Å². The number of sulfonamides is 2. The Hall–Kier alpha value is -4.35. The number of aliphatic carboxylic acids is 1. The quantitative estimate of drug-likeness (QED) is 0.0981. The van der Waals surface area contributed by atoms with Gasteiger partial charge in [-0.25, -0.2) is 34.7 Å². The number of nitrogens with one attached hydrogen (secondary N) is 4. The number of benzene rings is 3. The first-order chi connectivity index (χ1) is 22.7. The lowest BCUT2D eigenvalue weighted by molar-refractivity contribution is -0.139. The molecular formula is C32H37F3N4O8S2. The van der Waals surface area contributed by atoms with Gasteiger partial charge in [-0.05, 0) is 119 Å². The zero-order valence-corrected chi connectivity index (χ0v) is 29.0. The maximum absolute atomic E-state index is 14.7. The number of rotatable bonds is 12. The first-order valence-corrected chi connectivity index (χ1v) is 18.0. The van der Waals surface area contributed by atoms with Gasteiger partial charge in [0.25, 0.3) is 10.0 Å². The van der Waals surface area contributed by atoms with Gasteiger partial charge in [-0.1, -0.05) is 0 Å². The van der Waals surface area contributed by atoms with Gasteiger partial charge in [-0.15, -0.1) is 0 Å². The zero-order valence-electron chi connectivity index (χ0n) is 27.3. The molecule has 0 aromatic heterocycles. The van der Waals surface area contributed by atoms with Crippen molar-refractivity contribution >= 4 is 32.0 Å².